The van der Waals surface area contributed by atoms with Gasteiger partial charge in [0.25, 0.3) is 0 Å². The number of rotatable bonds is 6. The van der Waals surface area contributed by atoms with Crippen LogP contribution in [0.5, 0.6) is 11.5 Å². The number of carbonyl (C=O) groups excluding carboxylic acids is 1. The molecular formula is C13H16N2O5. The van der Waals surface area contributed by atoms with Gasteiger partial charge in [0.05, 0.1) is 0 Å². The van der Waals surface area contributed by atoms with Crippen LogP contribution in [0.1, 0.15) is 18.4 Å². The number of carboxylic acid groups (broad SMARTS) is 1. The normalized spacial score (nSPS) is 12.0. The highest BCUT2D eigenvalue weighted by Gasteiger charge is 2.17. The molecule has 0 aromatic heterocycles. The number of urea groups is 1. The highest BCUT2D eigenvalue weighted by molar-refractivity contribution is 5.74. The summed E-state index contributed by atoms with van der Waals surface area (Å²) in [7, 11) is 0. The molecule has 108 valence electrons. The van der Waals surface area contributed by atoms with Gasteiger partial charge in [-0.2, -0.15) is 0 Å². The first-order valence-corrected chi connectivity index (χ1v) is 6.28. The van der Waals surface area contributed by atoms with Crippen molar-refractivity contribution >= 4 is 12.0 Å². The Morgan fingerprint density at radius 2 is 2.10 bits per heavy atom. The van der Waals surface area contributed by atoms with Gasteiger partial charge in [-0.1, -0.05) is 12.1 Å². The lowest BCUT2D eigenvalue weighted by Gasteiger charge is -2.09. The molecule has 1 aromatic carbocycles. The Morgan fingerprint density at radius 1 is 1.25 bits per heavy atom. The van der Waals surface area contributed by atoms with E-state index in [1.54, 1.807) is 6.07 Å². The average molecular weight is 280 g/mol. The van der Waals surface area contributed by atoms with Crippen molar-refractivity contribution in [1.82, 2.24) is 10.6 Å². The van der Waals surface area contributed by atoms with Gasteiger partial charge in [-0.15, -0.1) is 0 Å². The standard InChI is InChI=1S/C13H16N2O5/c16-11(17)5-2-6-14-13(18)15-7-9-3-1-4-10-12(9)20-8-19-10/h1,3-4H,2,5-8H2,(H,16,17)(H2,14,15,18). The lowest BCUT2D eigenvalue weighted by molar-refractivity contribution is -0.137. The Balaban J connectivity index is 1.74. The Kier molecular flexibility index (Phi) is 4.65. The molecule has 0 radical (unpaired) electrons. The van der Waals surface area contributed by atoms with E-state index < -0.39 is 5.97 Å². The maximum absolute atomic E-state index is 11.5. The number of benzene rings is 1. The van der Waals surface area contributed by atoms with Gasteiger partial charge < -0.3 is 25.2 Å². The van der Waals surface area contributed by atoms with E-state index in [1.807, 2.05) is 12.1 Å². The molecule has 0 bridgehead atoms. The minimum Gasteiger partial charge on any atom is -0.481 e. The maximum Gasteiger partial charge on any atom is 0.315 e. The first kappa shape index (κ1) is 14.0. The fourth-order valence-corrected chi connectivity index (χ4v) is 1.81. The summed E-state index contributed by atoms with van der Waals surface area (Å²) in [6.45, 7) is 0.829. The summed E-state index contributed by atoms with van der Waals surface area (Å²) >= 11 is 0. The smallest absolute Gasteiger partial charge is 0.315 e. The third kappa shape index (κ3) is 3.78. The number of aliphatic carboxylic acids is 1. The van der Waals surface area contributed by atoms with Crippen LogP contribution in [0, 0.1) is 0 Å². The first-order chi connectivity index (χ1) is 9.66. The molecule has 1 aliphatic heterocycles. The number of hydrogen-bond acceptors (Lipinski definition) is 4. The third-order valence-corrected chi connectivity index (χ3v) is 2.77. The predicted molar refractivity (Wildman–Crippen MR) is 69.7 cm³/mol. The Bertz CT molecular complexity index is 504. The lowest BCUT2D eigenvalue weighted by Crippen LogP contribution is -2.35. The molecule has 7 nitrogen and oxygen atoms in total. The fourth-order valence-electron chi connectivity index (χ4n) is 1.81. The van der Waals surface area contributed by atoms with Crippen LogP contribution < -0.4 is 20.1 Å². The topological polar surface area (TPSA) is 96.9 Å². The Hall–Kier alpha value is -2.44. The van der Waals surface area contributed by atoms with Gasteiger partial charge in [0.1, 0.15) is 0 Å². The minimum atomic E-state index is -0.871. The van der Waals surface area contributed by atoms with Gasteiger partial charge in [0.2, 0.25) is 6.79 Å². The van der Waals surface area contributed by atoms with Crippen LogP contribution in [0.3, 0.4) is 0 Å². The van der Waals surface area contributed by atoms with E-state index in [4.69, 9.17) is 14.6 Å². The molecule has 0 saturated heterocycles. The second-order valence-corrected chi connectivity index (χ2v) is 4.26. The Morgan fingerprint density at radius 3 is 2.90 bits per heavy atom. The first-order valence-electron chi connectivity index (χ1n) is 6.28. The van der Waals surface area contributed by atoms with Gasteiger partial charge in [0.15, 0.2) is 11.5 Å². The van der Waals surface area contributed by atoms with Crippen molar-refractivity contribution in [3.8, 4) is 11.5 Å². The monoisotopic (exact) mass is 280 g/mol. The van der Waals surface area contributed by atoms with Crippen LogP contribution in [0.25, 0.3) is 0 Å². The van der Waals surface area contributed by atoms with E-state index in [-0.39, 0.29) is 19.2 Å². The maximum atomic E-state index is 11.5. The van der Waals surface area contributed by atoms with E-state index in [0.29, 0.717) is 31.0 Å². The number of fused-ring (bicyclic) bond motifs is 1. The highest BCUT2D eigenvalue weighted by atomic mass is 16.7. The number of amides is 2. The zero-order chi connectivity index (χ0) is 14.4. The molecule has 2 amide bonds. The molecule has 20 heavy (non-hydrogen) atoms. The van der Waals surface area contributed by atoms with Crippen LogP contribution in [-0.2, 0) is 11.3 Å². The number of hydrogen-bond donors (Lipinski definition) is 3. The molecule has 0 saturated carbocycles. The quantitative estimate of drug-likeness (QED) is 0.677. The molecule has 1 heterocycles. The summed E-state index contributed by atoms with van der Waals surface area (Å²) in [6, 6.07) is 5.14. The second-order valence-electron chi connectivity index (χ2n) is 4.26. The molecule has 1 aliphatic rings. The summed E-state index contributed by atoms with van der Waals surface area (Å²) < 4.78 is 10.6. The van der Waals surface area contributed by atoms with Crippen molar-refractivity contribution in [3.63, 3.8) is 0 Å². The summed E-state index contributed by atoms with van der Waals surface area (Å²) in [5, 5.41) is 13.7. The molecule has 2 rings (SSSR count). The zero-order valence-corrected chi connectivity index (χ0v) is 10.8. The third-order valence-electron chi connectivity index (χ3n) is 2.77. The Labute approximate surface area is 115 Å². The molecule has 3 N–H and O–H groups in total. The van der Waals surface area contributed by atoms with Crippen LogP contribution in [0.2, 0.25) is 0 Å². The van der Waals surface area contributed by atoms with Crippen LogP contribution in [0.4, 0.5) is 4.79 Å². The van der Waals surface area contributed by atoms with E-state index in [9.17, 15) is 9.59 Å². The van der Waals surface area contributed by atoms with Crippen molar-refractivity contribution in [3.05, 3.63) is 23.8 Å². The number of ether oxygens (including phenoxy) is 2. The van der Waals surface area contributed by atoms with Gasteiger partial charge in [-0.3, -0.25) is 4.79 Å². The van der Waals surface area contributed by atoms with Crippen molar-refractivity contribution < 1.29 is 24.2 Å². The van der Waals surface area contributed by atoms with Crippen molar-refractivity contribution in [2.45, 2.75) is 19.4 Å². The van der Waals surface area contributed by atoms with E-state index in [0.717, 1.165) is 5.56 Å². The SMILES string of the molecule is O=C(O)CCCNC(=O)NCc1cccc2c1OCO2. The minimum absolute atomic E-state index is 0.0393. The number of nitrogens with one attached hydrogen (secondary N) is 2. The summed E-state index contributed by atoms with van der Waals surface area (Å²) in [5.41, 5.74) is 0.834. The van der Waals surface area contributed by atoms with Crippen LogP contribution >= 0.6 is 0 Å². The predicted octanol–water partition coefficient (Wildman–Crippen LogP) is 1.08. The van der Waals surface area contributed by atoms with Crippen LogP contribution in [0.15, 0.2) is 18.2 Å². The highest BCUT2D eigenvalue weighted by Crippen LogP contribution is 2.35. The summed E-state index contributed by atoms with van der Waals surface area (Å²) in [5.74, 6) is 0.453. The largest absolute Gasteiger partial charge is 0.481 e. The molecule has 0 spiro atoms. The summed E-state index contributed by atoms with van der Waals surface area (Å²) in [4.78, 5) is 21.8. The van der Waals surface area contributed by atoms with Gasteiger partial charge in [-0.25, -0.2) is 4.79 Å². The summed E-state index contributed by atoms with van der Waals surface area (Å²) in [6.07, 6.45) is 0.443. The molecule has 0 fully saturated rings. The van der Waals surface area contributed by atoms with Crippen molar-refractivity contribution in [2.75, 3.05) is 13.3 Å². The van der Waals surface area contributed by atoms with E-state index in [2.05, 4.69) is 10.6 Å². The number of para-hydroxylation sites is 1. The van der Waals surface area contributed by atoms with Gasteiger partial charge in [0, 0.05) is 25.1 Å². The fraction of sp³-hybridized carbons (Fsp3) is 0.385. The van der Waals surface area contributed by atoms with E-state index in [1.165, 1.54) is 0 Å². The molecular weight excluding hydrogens is 264 g/mol. The second kappa shape index (κ2) is 6.65. The zero-order valence-electron chi connectivity index (χ0n) is 10.8. The van der Waals surface area contributed by atoms with Crippen LogP contribution in [-0.4, -0.2) is 30.4 Å². The molecule has 7 heteroatoms. The lowest BCUT2D eigenvalue weighted by atomic mass is 10.2. The molecule has 0 unspecified atom stereocenters. The molecule has 0 aliphatic carbocycles. The molecule has 1 aromatic rings. The van der Waals surface area contributed by atoms with Crippen molar-refractivity contribution in [1.29, 1.82) is 0 Å². The average Bonchev–Trinajstić information content (AvgIpc) is 2.90. The van der Waals surface area contributed by atoms with Gasteiger partial charge >= 0.3 is 12.0 Å². The number of carboxylic acids is 1. The van der Waals surface area contributed by atoms with Gasteiger partial charge in [-0.05, 0) is 12.5 Å². The van der Waals surface area contributed by atoms with Crippen molar-refractivity contribution in [2.24, 2.45) is 0 Å². The number of carbonyl (C=O) groups is 2. The van der Waals surface area contributed by atoms with E-state index >= 15 is 0 Å². The molecule has 0 atom stereocenters.